The smallest absolute Gasteiger partial charge is 0.243 e. The molecule has 118 valence electrons. The van der Waals surface area contributed by atoms with Crippen molar-refractivity contribution in [1.29, 1.82) is 0 Å². The van der Waals surface area contributed by atoms with Gasteiger partial charge in [-0.15, -0.1) is 12.4 Å². The number of hydrogen-bond acceptors (Lipinski definition) is 5. The van der Waals surface area contributed by atoms with Gasteiger partial charge in [0.05, 0.1) is 4.90 Å². The minimum atomic E-state index is -3.49. The fourth-order valence-corrected chi connectivity index (χ4v) is 4.00. The van der Waals surface area contributed by atoms with E-state index in [2.05, 4.69) is 5.32 Å². The summed E-state index contributed by atoms with van der Waals surface area (Å²) in [6.07, 6.45) is 1.67. The van der Waals surface area contributed by atoms with E-state index in [0.717, 1.165) is 25.9 Å². The van der Waals surface area contributed by atoms with Crippen LogP contribution < -0.4 is 14.8 Å². The van der Waals surface area contributed by atoms with Gasteiger partial charge in [0.25, 0.3) is 0 Å². The van der Waals surface area contributed by atoms with Crippen molar-refractivity contribution in [3.8, 4) is 11.5 Å². The van der Waals surface area contributed by atoms with Gasteiger partial charge >= 0.3 is 0 Å². The first-order valence-electron chi connectivity index (χ1n) is 6.67. The molecule has 6 nitrogen and oxygen atoms in total. The number of rotatable bonds is 3. The van der Waals surface area contributed by atoms with Crippen LogP contribution in [0.15, 0.2) is 23.1 Å². The summed E-state index contributed by atoms with van der Waals surface area (Å²) in [6, 6.07) is 4.80. The van der Waals surface area contributed by atoms with Gasteiger partial charge in [-0.1, -0.05) is 0 Å². The summed E-state index contributed by atoms with van der Waals surface area (Å²) >= 11 is 0. The standard InChI is InChI=1S/C13H18N2O4S.ClH/c1-15(10-4-6-14-7-5-10)20(16,17)11-2-3-12-13(8-11)19-9-18-12;/h2-3,8,10,14H,4-7,9H2,1H3;1H. The van der Waals surface area contributed by atoms with E-state index in [-0.39, 0.29) is 30.1 Å². The van der Waals surface area contributed by atoms with E-state index in [1.807, 2.05) is 0 Å². The Hall–Kier alpha value is -1.02. The van der Waals surface area contributed by atoms with Gasteiger partial charge in [0, 0.05) is 19.2 Å². The van der Waals surface area contributed by atoms with E-state index >= 15 is 0 Å². The molecule has 0 unspecified atom stereocenters. The van der Waals surface area contributed by atoms with E-state index < -0.39 is 10.0 Å². The molecule has 0 spiro atoms. The maximum atomic E-state index is 12.6. The summed E-state index contributed by atoms with van der Waals surface area (Å²) in [5, 5.41) is 3.24. The number of piperidine rings is 1. The maximum Gasteiger partial charge on any atom is 0.243 e. The van der Waals surface area contributed by atoms with E-state index in [0.29, 0.717) is 11.5 Å². The highest BCUT2D eigenvalue weighted by Crippen LogP contribution is 2.35. The Morgan fingerprint density at radius 3 is 2.57 bits per heavy atom. The summed E-state index contributed by atoms with van der Waals surface area (Å²) in [5.74, 6) is 1.08. The van der Waals surface area contributed by atoms with Crippen LogP contribution in [0.5, 0.6) is 11.5 Å². The normalized spacial score (nSPS) is 18.6. The van der Waals surface area contributed by atoms with E-state index in [4.69, 9.17) is 9.47 Å². The summed E-state index contributed by atoms with van der Waals surface area (Å²) in [7, 11) is -1.84. The average Bonchev–Trinajstić information content (AvgIpc) is 2.94. The minimum Gasteiger partial charge on any atom is -0.454 e. The predicted molar refractivity (Wildman–Crippen MR) is 80.7 cm³/mol. The number of nitrogens with zero attached hydrogens (tertiary/aromatic N) is 1. The topological polar surface area (TPSA) is 67.9 Å². The Morgan fingerprint density at radius 1 is 1.19 bits per heavy atom. The SMILES string of the molecule is CN(C1CCNCC1)S(=O)(=O)c1ccc2c(c1)OCO2.Cl. The zero-order chi connectivity index (χ0) is 14.2. The van der Waals surface area contributed by atoms with Crippen LogP contribution in [0, 0.1) is 0 Å². The Labute approximate surface area is 130 Å². The van der Waals surface area contributed by atoms with Crippen molar-refractivity contribution in [2.75, 3.05) is 26.9 Å². The second-order valence-corrected chi connectivity index (χ2v) is 7.01. The van der Waals surface area contributed by atoms with Gasteiger partial charge in [0.2, 0.25) is 16.8 Å². The molecule has 3 rings (SSSR count). The van der Waals surface area contributed by atoms with Crippen LogP contribution in [0.25, 0.3) is 0 Å². The molecule has 0 aromatic heterocycles. The fourth-order valence-electron chi connectivity index (χ4n) is 2.57. The lowest BCUT2D eigenvalue weighted by Crippen LogP contribution is -2.43. The maximum absolute atomic E-state index is 12.6. The molecule has 2 heterocycles. The number of halogens is 1. The summed E-state index contributed by atoms with van der Waals surface area (Å²) in [4.78, 5) is 0.253. The van der Waals surface area contributed by atoms with E-state index in [1.54, 1.807) is 19.2 Å². The fraction of sp³-hybridized carbons (Fsp3) is 0.538. The molecule has 0 radical (unpaired) electrons. The lowest BCUT2D eigenvalue weighted by Gasteiger charge is -2.30. The molecule has 0 bridgehead atoms. The lowest BCUT2D eigenvalue weighted by atomic mass is 10.1. The highest BCUT2D eigenvalue weighted by atomic mass is 35.5. The van der Waals surface area contributed by atoms with Crippen molar-refractivity contribution in [2.45, 2.75) is 23.8 Å². The van der Waals surface area contributed by atoms with Crippen molar-refractivity contribution in [3.63, 3.8) is 0 Å². The van der Waals surface area contributed by atoms with Gasteiger partial charge in [-0.3, -0.25) is 0 Å². The van der Waals surface area contributed by atoms with Crippen LogP contribution in [0.2, 0.25) is 0 Å². The molecule has 2 aliphatic heterocycles. The summed E-state index contributed by atoms with van der Waals surface area (Å²) in [6.45, 7) is 1.85. The minimum absolute atomic E-state index is 0. The number of hydrogen-bond donors (Lipinski definition) is 1. The molecule has 21 heavy (non-hydrogen) atoms. The van der Waals surface area contributed by atoms with Gasteiger partial charge in [-0.05, 0) is 38.1 Å². The van der Waals surface area contributed by atoms with Crippen LogP contribution in [0.1, 0.15) is 12.8 Å². The van der Waals surface area contributed by atoms with Gasteiger partial charge in [-0.25, -0.2) is 8.42 Å². The molecular formula is C13H19ClN2O4S. The third-order valence-corrected chi connectivity index (χ3v) is 5.75. The molecule has 0 aliphatic carbocycles. The number of benzene rings is 1. The molecule has 2 aliphatic rings. The monoisotopic (exact) mass is 334 g/mol. The molecule has 1 aromatic rings. The first-order valence-corrected chi connectivity index (χ1v) is 8.11. The number of fused-ring (bicyclic) bond motifs is 1. The van der Waals surface area contributed by atoms with Crippen LogP contribution in [-0.2, 0) is 10.0 Å². The van der Waals surface area contributed by atoms with Crippen molar-refractivity contribution < 1.29 is 17.9 Å². The Bertz CT molecular complexity index is 602. The second-order valence-electron chi connectivity index (χ2n) is 5.02. The van der Waals surface area contributed by atoms with E-state index in [1.165, 1.54) is 10.4 Å². The molecule has 0 saturated carbocycles. The number of ether oxygens (including phenoxy) is 2. The highest BCUT2D eigenvalue weighted by Gasteiger charge is 2.30. The molecule has 1 aromatic carbocycles. The van der Waals surface area contributed by atoms with E-state index in [9.17, 15) is 8.42 Å². The van der Waals surface area contributed by atoms with Crippen LogP contribution in [0.4, 0.5) is 0 Å². The second kappa shape index (κ2) is 6.39. The largest absolute Gasteiger partial charge is 0.454 e. The Balaban J connectivity index is 0.00000161. The third kappa shape index (κ3) is 3.11. The lowest BCUT2D eigenvalue weighted by molar-refractivity contribution is 0.174. The van der Waals surface area contributed by atoms with Crippen molar-refractivity contribution in [1.82, 2.24) is 9.62 Å². The Morgan fingerprint density at radius 2 is 1.86 bits per heavy atom. The molecule has 0 amide bonds. The summed E-state index contributed by atoms with van der Waals surface area (Å²) in [5.41, 5.74) is 0. The van der Waals surface area contributed by atoms with Crippen LogP contribution >= 0.6 is 12.4 Å². The average molecular weight is 335 g/mol. The van der Waals surface area contributed by atoms with Crippen molar-refractivity contribution >= 4 is 22.4 Å². The third-order valence-electron chi connectivity index (χ3n) is 3.84. The molecule has 1 N–H and O–H groups in total. The number of sulfonamides is 1. The van der Waals surface area contributed by atoms with Crippen molar-refractivity contribution in [2.24, 2.45) is 0 Å². The highest BCUT2D eigenvalue weighted by molar-refractivity contribution is 7.89. The predicted octanol–water partition coefficient (Wildman–Crippen LogP) is 1.21. The van der Waals surface area contributed by atoms with Gasteiger partial charge in [0.1, 0.15) is 0 Å². The van der Waals surface area contributed by atoms with Crippen LogP contribution in [-0.4, -0.2) is 45.7 Å². The first-order chi connectivity index (χ1) is 9.59. The zero-order valence-corrected chi connectivity index (χ0v) is 13.4. The summed E-state index contributed by atoms with van der Waals surface area (Å²) < 4.78 is 37.2. The van der Waals surface area contributed by atoms with Crippen molar-refractivity contribution in [3.05, 3.63) is 18.2 Å². The number of nitrogens with one attached hydrogen (secondary N) is 1. The van der Waals surface area contributed by atoms with Gasteiger partial charge < -0.3 is 14.8 Å². The molecule has 8 heteroatoms. The molecule has 1 fully saturated rings. The Kier molecular flexibility index (Phi) is 4.98. The molecule has 0 atom stereocenters. The van der Waals surface area contributed by atoms with Gasteiger partial charge in [0.15, 0.2) is 11.5 Å². The zero-order valence-electron chi connectivity index (χ0n) is 11.7. The molecular weight excluding hydrogens is 316 g/mol. The van der Waals surface area contributed by atoms with Crippen LogP contribution in [0.3, 0.4) is 0 Å². The van der Waals surface area contributed by atoms with Gasteiger partial charge in [-0.2, -0.15) is 4.31 Å². The quantitative estimate of drug-likeness (QED) is 0.900. The first kappa shape index (κ1) is 16.4. The molecule has 1 saturated heterocycles.